The molecule has 3 aromatic heterocycles. The van der Waals surface area contributed by atoms with Gasteiger partial charge in [0.25, 0.3) is 5.91 Å². The summed E-state index contributed by atoms with van der Waals surface area (Å²) in [6.45, 7) is 2.08. The van der Waals surface area contributed by atoms with Crippen LogP contribution in [0, 0.1) is 0 Å². The van der Waals surface area contributed by atoms with Crippen LogP contribution in [0.5, 0.6) is 5.88 Å². The Morgan fingerprint density at radius 1 is 1.19 bits per heavy atom. The molecule has 0 saturated carbocycles. The number of nitrogens with one attached hydrogen (secondary N) is 1. The molecule has 0 aliphatic carbocycles. The van der Waals surface area contributed by atoms with E-state index in [4.69, 9.17) is 4.74 Å². The van der Waals surface area contributed by atoms with Crippen molar-refractivity contribution in [3.05, 3.63) is 54.5 Å². The van der Waals surface area contributed by atoms with Crippen molar-refractivity contribution in [2.75, 3.05) is 25.5 Å². The molecule has 0 spiro atoms. The van der Waals surface area contributed by atoms with Crippen LogP contribution in [-0.4, -0.2) is 51.6 Å². The number of nitrogens with zero attached hydrogens (tertiary/aromatic N) is 4. The average molecular weight is 351 g/mol. The number of fused-ring (bicyclic) bond motifs is 1. The Kier molecular flexibility index (Phi) is 4.53. The van der Waals surface area contributed by atoms with Gasteiger partial charge in [0.15, 0.2) is 0 Å². The standard InChI is InChI=1S/C19H21N5O2/c1-23-11-8-16(9-12-23)26-18-6-5-14(13-20-18)22-19(25)17-4-2-3-15-7-10-21-24(15)17/h2-7,10,13,16H,8-9,11-12H2,1H3,(H,22,25). The number of amides is 1. The van der Waals surface area contributed by atoms with Crippen LogP contribution in [0.2, 0.25) is 0 Å². The molecule has 1 saturated heterocycles. The van der Waals surface area contributed by atoms with E-state index >= 15 is 0 Å². The third kappa shape index (κ3) is 3.52. The van der Waals surface area contributed by atoms with Gasteiger partial charge in [0, 0.05) is 19.2 Å². The van der Waals surface area contributed by atoms with Gasteiger partial charge in [-0.25, -0.2) is 9.50 Å². The molecule has 0 unspecified atom stereocenters. The second-order valence-corrected chi connectivity index (χ2v) is 6.54. The summed E-state index contributed by atoms with van der Waals surface area (Å²) >= 11 is 0. The Balaban J connectivity index is 1.41. The Morgan fingerprint density at radius 2 is 2.04 bits per heavy atom. The van der Waals surface area contributed by atoms with Gasteiger partial charge in [-0.1, -0.05) is 6.07 Å². The summed E-state index contributed by atoms with van der Waals surface area (Å²) in [5, 5.41) is 7.03. The maximum atomic E-state index is 12.5. The van der Waals surface area contributed by atoms with Crippen LogP contribution >= 0.6 is 0 Å². The Bertz CT molecular complexity index is 898. The Morgan fingerprint density at radius 3 is 2.81 bits per heavy atom. The SMILES string of the molecule is CN1CCC(Oc2ccc(NC(=O)c3cccc4ccnn34)cn2)CC1. The minimum Gasteiger partial charge on any atom is -0.474 e. The van der Waals surface area contributed by atoms with E-state index in [2.05, 4.69) is 27.3 Å². The lowest BCUT2D eigenvalue weighted by Gasteiger charge is -2.28. The number of carbonyl (C=O) groups is 1. The van der Waals surface area contributed by atoms with Gasteiger partial charge in [-0.05, 0) is 44.2 Å². The fourth-order valence-electron chi connectivity index (χ4n) is 3.11. The molecule has 0 radical (unpaired) electrons. The first kappa shape index (κ1) is 16.5. The summed E-state index contributed by atoms with van der Waals surface area (Å²) in [6, 6.07) is 10.9. The number of likely N-dealkylation sites (tertiary alicyclic amines) is 1. The number of rotatable bonds is 4. The van der Waals surface area contributed by atoms with Gasteiger partial charge in [0.1, 0.15) is 11.8 Å². The van der Waals surface area contributed by atoms with Gasteiger partial charge in [-0.15, -0.1) is 0 Å². The molecule has 1 N–H and O–H groups in total. The number of carbonyl (C=O) groups excluding carboxylic acids is 1. The van der Waals surface area contributed by atoms with Gasteiger partial charge in [0.2, 0.25) is 5.88 Å². The first-order valence-electron chi connectivity index (χ1n) is 8.74. The number of anilines is 1. The first-order valence-corrected chi connectivity index (χ1v) is 8.74. The molecular formula is C19H21N5O2. The van der Waals surface area contributed by atoms with E-state index in [1.165, 1.54) is 0 Å². The van der Waals surface area contributed by atoms with Crippen LogP contribution in [-0.2, 0) is 0 Å². The number of pyridine rings is 2. The summed E-state index contributed by atoms with van der Waals surface area (Å²) in [5.74, 6) is 0.358. The smallest absolute Gasteiger partial charge is 0.274 e. The fraction of sp³-hybridized carbons (Fsp3) is 0.316. The summed E-state index contributed by atoms with van der Waals surface area (Å²) in [4.78, 5) is 19.1. The summed E-state index contributed by atoms with van der Waals surface area (Å²) < 4.78 is 7.54. The fourth-order valence-corrected chi connectivity index (χ4v) is 3.11. The van der Waals surface area contributed by atoms with Crippen molar-refractivity contribution in [2.24, 2.45) is 0 Å². The summed E-state index contributed by atoms with van der Waals surface area (Å²) in [5.41, 5.74) is 1.96. The lowest BCUT2D eigenvalue weighted by molar-refractivity contribution is 0.101. The number of ether oxygens (including phenoxy) is 1. The highest BCUT2D eigenvalue weighted by Crippen LogP contribution is 2.18. The lowest BCUT2D eigenvalue weighted by atomic mass is 10.1. The predicted molar refractivity (Wildman–Crippen MR) is 98.5 cm³/mol. The van der Waals surface area contributed by atoms with Crippen molar-refractivity contribution in [1.29, 1.82) is 0 Å². The molecular weight excluding hydrogens is 330 g/mol. The van der Waals surface area contributed by atoms with E-state index in [0.29, 0.717) is 17.3 Å². The topological polar surface area (TPSA) is 71.8 Å². The highest BCUT2D eigenvalue weighted by Gasteiger charge is 2.18. The van der Waals surface area contributed by atoms with E-state index in [1.54, 1.807) is 35.1 Å². The maximum Gasteiger partial charge on any atom is 0.274 e. The number of aromatic nitrogens is 3. The van der Waals surface area contributed by atoms with Crippen molar-refractivity contribution in [2.45, 2.75) is 18.9 Å². The molecule has 4 rings (SSSR count). The molecule has 134 valence electrons. The Hall–Kier alpha value is -2.93. The average Bonchev–Trinajstić information content (AvgIpc) is 3.14. The van der Waals surface area contributed by atoms with Crippen LogP contribution in [0.25, 0.3) is 5.52 Å². The lowest BCUT2D eigenvalue weighted by Crippen LogP contribution is -2.35. The second-order valence-electron chi connectivity index (χ2n) is 6.54. The van der Waals surface area contributed by atoms with Gasteiger partial charge in [0.05, 0.1) is 23.6 Å². The van der Waals surface area contributed by atoms with Crippen molar-refractivity contribution in [1.82, 2.24) is 19.5 Å². The van der Waals surface area contributed by atoms with E-state index in [-0.39, 0.29) is 12.0 Å². The predicted octanol–water partition coefficient (Wildman–Crippen LogP) is 2.45. The van der Waals surface area contributed by atoms with E-state index in [9.17, 15) is 4.79 Å². The third-order valence-corrected chi connectivity index (χ3v) is 4.60. The zero-order valence-corrected chi connectivity index (χ0v) is 14.6. The van der Waals surface area contributed by atoms with Crippen LogP contribution in [0.4, 0.5) is 5.69 Å². The molecule has 1 aliphatic heterocycles. The number of hydrogen-bond donors (Lipinski definition) is 1. The molecule has 3 aromatic rings. The largest absolute Gasteiger partial charge is 0.474 e. The molecule has 1 fully saturated rings. The van der Waals surface area contributed by atoms with Gasteiger partial charge in [-0.2, -0.15) is 5.10 Å². The normalized spacial score (nSPS) is 15.9. The minimum atomic E-state index is -0.231. The van der Waals surface area contributed by atoms with E-state index in [1.807, 2.05) is 18.2 Å². The van der Waals surface area contributed by atoms with Crippen molar-refractivity contribution in [3.63, 3.8) is 0 Å². The maximum absolute atomic E-state index is 12.5. The molecule has 0 bridgehead atoms. The van der Waals surface area contributed by atoms with Crippen molar-refractivity contribution in [3.8, 4) is 5.88 Å². The summed E-state index contributed by atoms with van der Waals surface area (Å²) in [7, 11) is 2.12. The second kappa shape index (κ2) is 7.13. The highest BCUT2D eigenvalue weighted by atomic mass is 16.5. The van der Waals surface area contributed by atoms with E-state index in [0.717, 1.165) is 31.4 Å². The number of hydrogen-bond acceptors (Lipinski definition) is 5. The van der Waals surface area contributed by atoms with E-state index < -0.39 is 0 Å². The van der Waals surface area contributed by atoms with Crippen LogP contribution in [0.3, 0.4) is 0 Å². The monoisotopic (exact) mass is 351 g/mol. The quantitative estimate of drug-likeness (QED) is 0.782. The molecule has 7 nitrogen and oxygen atoms in total. The van der Waals surface area contributed by atoms with Crippen molar-refractivity contribution < 1.29 is 9.53 Å². The number of piperidine rings is 1. The molecule has 1 aliphatic rings. The van der Waals surface area contributed by atoms with Crippen LogP contribution in [0.1, 0.15) is 23.3 Å². The van der Waals surface area contributed by atoms with Crippen LogP contribution < -0.4 is 10.1 Å². The third-order valence-electron chi connectivity index (χ3n) is 4.60. The zero-order chi connectivity index (χ0) is 17.9. The Labute approximate surface area is 151 Å². The van der Waals surface area contributed by atoms with Gasteiger partial charge >= 0.3 is 0 Å². The van der Waals surface area contributed by atoms with Gasteiger partial charge < -0.3 is 15.0 Å². The van der Waals surface area contributed by atoms with Crippen molar-refractivity contribution >= 4 is 17.1 Å². The summed E-state index contributed by atoms with van der Waals surface area (Å²) in [6.07, 6.45) is 5.50. The van der Waals surface area contributed by atoms with Gasteiger partial charge in [-0.3, -0.25) is 4.79 Å². The highest BCUT2D eigenvalue weighted by molar-refractivity contribution is 6.03. The molecule has 0 atom stereocenters. The minimum absolute atomic E-state index is 0.205. The first-order chi connectivity index (χ1) is 12.7. The zero-order valence-electron chi connectivity index (χ0n) is 14.6. The molecule has 0 aromatic carbocycles. The van der Waals surface area contributed by atoms with Crippen LogP contribution in [0.15, 0.2) is 48.8 Å². The molecule has 4 heterocycles. The molecule has 7 heteroatoms. The molecule has 26 heavy (non-hydrogen) atoms. The molecule has 1 amide bonds.